The van der Waals surface area contributed by atoms with Gasteiger partial charge in [0, 0.05) is 22.6 Å². The molecule has 0 amide bonds. The summed E-state index contributed by atoms with van der Waals surface area (Å²) < 4.78 is 11.3. The van der Waals surface area contributed by atoms with Crippen molar-refractivity contribution >= 4 is 24.8 Å². The topological polar surface area (TPSA) is 76.0 Å². The van der Waals surface area contributed by atoms with Crippen molar-refractivity contribution in [3.8, 4) is 5.75 Å². The molecule has 4 atom stereocenters. The van der Waals surface area contributed by atoms with Crippen LogP contribution in [0.15, 0.2) is 17.0 Å². The molecule has 2 heterocycles. The van der Waals surface area contributed by atoms with Crippen LogP contribution in [-0.2, 0) is 4.74 Å². The highest BCUT2D eigenvalue weighted by atomic mass is 32.2. The Morgan fingerprint density at radius 1 is 1.48 bits per heavy atom. The molecule has 1 saturated heterocycles. The molecule has 7 heteroatoms. The van der Waals surface area contributed by atoms with Crippen LogP contribution in [0.4, 0.5) is 0 Å². The fourth-order valence-electron chi connectivity index (χ4n) is 3.64. The number of aromatic carboxylic acids is 1. The van der Waals surface area contributed by atoms with Gasteiger partial charge in [0.05, 0.1) is 6.10 Å². The van der Waals surface area contributed by atoms with Crippen LogP contribution in [0.5, 0.6) is 5.75 Å². The molecule has 2 N–H and O–H groups in total. The third-order valence-electron chi connectivity index (χ3n) is 5.01. The quantitative estimate of drug-likeness (QED) is 0.651. The lowest BCUT2D eigenvalue weighted by Gasteiger charge is -2.24. The van der Waals surface area contributed by atoms with Crippen molar-refractivity contribution in [1.82, 2.24) is 0 Å². The lowest BCUT2D eigenvalue weighted by molar-refractivity contribution is 0.0690. The summed E-state index contributed by atoms with van der Waals surface area (Å²) in [5, 5.41) is 19.8. The molecule has 5 nitrogen and oxygen atoms in total. The van der Waals surface area contributed by atoms with Crippen LogP contribution in [0.3, 0.4) is 0 Å². The monoisotopic (exact) mass is 334 g/mol. The summed E-state index contributed by atoms with van der Waals surface area (Å²) in [4.78, 5) is 12.5. The minimum absolute atomic E-state index is 0.119. The average molecular weight is 334 g/mol. The molecule has 2 aliphatic heterocycles. The molecule has 0 spiro atoms. The van der Waals surface area contributed by atoms with E-state index in [0.717, 1.165) is 31.4 Å². The van der Waals surface area contributed by atoms with Crippen molar-refractivity contribution in [1.29, 1.82) is 0 Å². The van der Waals surface area contributed by atoms with Gasteiger partial charge in [0.2, 0.25) is 0 Å². The first-order chi connectivity index (χ1) is 11.1. The molecule has 122 valence electrons. The fourth-order valence-corrected chi connectivity index (χ4v) is 4.86. The first kappa shape index (κ1) is 15.4. The number of hydrogen-bond acceptors (Lipinski definition) is 5. The highest BCUT2D eigenvalue weighted by molar-refractivity contribution is 8.00. The van der Waals surface area contributed by atoms with Gasteiger partial charge in [-0.15, -0.1) is 11.8 Å². The molecule has 3 aliphatic rings. The largest absolute Gasteiger partial charge is 0.535 e. The second-order valence-electron chi connectivity index (χ2n) is 6.55. The summed E-state index contributed by atoms with van der Waals surface area (Å²) >= 11 is 1.52. The zero-order valence-electron chi connectivity index (χ0n) is 12.9. The zero-order chi connectivity index (χ0) is 16.1. The molecule has 0 unspecified atom stereocenters. The first-order valence-electron chi connectivity index (χ1n) is 8.09. The standard InChI is InChI=1S/C16H19BO5S/c1-8(12-3-2-6-21-12)23-13-5-4-9-10-7-11(10)17(20)22-15(9)14(13)16(18)19/h4-5,8,10-12,20H,2-3,6-7H2,1H3,(H,18,19)/t8-,10+,11+,12+/m1/s1. The number of benzene rings is 1. The molecule has 23 heavy (non-hydrogen) atoms. The highest BCUT2D eigenvalue weighted by Gasteiger charge is 2.54. The maximum absolute atomic E-state index is 11.8. The molecule has 1 saturated carbocycles. The minimum atomic E-state index is -1.00. The van der Waals surface area contributed by atoms with E-state index in [1.165, 1.54) is 11.8 Å². The Hall–Kier alpha value is -1.18. The van der Waals surface area contributed by atoms with Crippen LogP contribution in [0.1, 0.15) is 48.0 Å². The van der Waals surface area contributed by atoms with Gasteiger partial charge in [-0.25, -0.2) is 4.79 Å². The van der Waals surface area contributed by atoms with Gasteiger partial charge in [-0.1, -0.05) is 13.0 Å². The molecule has 1 aromatic rings. The van der Waals surface area contributed by atoms with E-state index in [1.807, 2.05) is 12.1 Å². The maximum Gasteiger partial charge on any atom is 0.526 e. The Labute approximate surface area is 139 Å². The Balaban J connectivity index is 1.67. The number of carboxylic acid groups (broad SMARTS) is 1. The molecule has 4 rings (SSSR count). The van der Waals surface area contributed by atoms with Crippen LogP contribution in [0.25, 0.3) is 0 Å². The van der Waals surface area contributed by atoms with Crippen LogP contribution < -0.4 is 4.65 Å². The second kappa shape index (κ2) is 5.72. The number of carboxylic acids is 1. The number of fused-ring (bicyclic) bond motifs is 3. The SMILES string of the molecule is C[C@@H](Sc1ccc2c(c1C(=O)O)OB(O)[C@H]1C[C@@H]21)[C@@H]1CCCO1. The number of carbonyl (C=O) groups is 1. The van der Waals surface area contributed by atoms with E-state index in [2.05, 4.69) is 6.92 Å². The van der Waals surface area contributed by atoms with Crippen LogP contribution in [0.2, 0.25) is 5.82 Å². The van der Waals surface area contributed by atoms with Crippen molar-refractivity contribution in [3.05, 3.63) is 23.3 Å². The minimum Gasteiger partial charge on any atom is -0.535 e. The second-order valence-corrected chi connectivity index (χ2v) is 7.97. The molecule has 0 radical (unpaired) electrons. The summed E-state index contributed by atoms with van der Waals surface area (Å²) in [5.74, 6) is -0.293. The van der Waals surface area contributed by atoms with Gasteiger partial charge in [0.25, 0.3) is 0 Å². The van der Waals surface area contributed by atoms with E-state index in [9.17, 15) is 14.9 Å². The van der Waals surface area contributed by atoms with E-state index in [4.69, 9.17) is 9.39 Å². The van der Waals surface area contributed by atoms with Gasteiger partial charge < -0.3 is 19.5 Å². The Kier molecular flexibility index (Phi) is 3.82. The summed E-state index contributed by atoms with van der Waals surface area (Å²) in [6.45, 7) is 2.85. The molecule has 1 aliphatic carbocycles. The van der Waals surface area contributed by atoms with Crippen molar-refractivity contribution in [2.24, 2.45) is 0 Å². The summed E-state index contributed by atoms with van der Waals surface area (Å²) in [6, 6.07) is 3.84. The number of ether oxygens (including phenoxy) is 1. The summed E-state index contributed by atoms with van der Waals surface area (Å²) in [6.07, 6.45) is 3.10. The van der Waals surface area contributed by atoms with E-state index in [-0.39, 0.29) is 28.7 Å². The van der Waals surface area contributed by atoms with Gasteiger partial charge in [-0.05, 0) is 36.8 Å². The lowest BCUT2D eigenvalue weighted by Crippen LogP contribution is -2.27. The predicted octanol–water partition coefficient (Wildman–Crippen LogP) is 2.77. The molecular formula is C16H19BO5S. The lowest BCUT2D eigenvalue weighted by atomic mass is 9.77. The van der Waals surface area contributed by atoms with Crippen molar-refractivity contribution < 1.29 is 24.3 Å². The van der Waals surface area contributed by atoms with E-state index in [0.29, 0.717) is 10.6 Å². The maximum atomic E-state index is 11.8. The average Bonchev–Trinajstić information content (AvgIpc) is 3.13. The van der Waals surface area contributed by atoms with E-state index in [1.54, 1.807) is 0 Å². The van der Waals surface area contributed by atoms with Crippen molar-refractivity contribution in [3.63, 3.8) is 0 Å². The number of hydrogen-bond donors (Lipinski definition) is 2. The van der Waals surface area contributed by atoms with E-state index < -0.39 is 13.1 Å². The van der Waals surface area contributed by atoms with E-state index >= 15 is 0 Å². The van der Waals surface area contributed by atoms with Crippen LogP contribution >= 0.6 is 11.8 Å². The summed E-state index contributed by atoms with van der Waals surface area (Å²) in [5.41, 5.74) is 1.11. The van der Waals surface area contributed by atoms with Gasteiger partial charge in [0.1, 0.15) is 11.3 Å². The molecular weight excluding hydrogens is 315 g/mol. The third kappa shape index (κ3) is 2.64. The summed E-state index contributed by atoms with van der Waals surface area (Å²) in [7, 11) is -0.888. The van der Waals surface area contributed by atoms with Gasteiger partial charge in [-0.3, -0.25) is 0 Å². The zero-order valence-corrected chi connectivity index (χ0v) is 13.7. The normalized spacial score (nSPS) is 29.5. The molecule has 1 aromatic carbocycles. The number of thioether (sulfide) groups is 1. The number of rotatable bonds is 4. The van der Waals surface area contributed by atoms with Crippen molar-refractivity contribution in [2.45, 2.75) is 54.2 Å². The van der Waals surface area contributed by atoms with Crippen LogP contribution in [-0.4, -0.2) is 41.2 Å². The van der Waals surface area contributed by atoms with Crippen molar-refractivity contribution in [2.75, 3.05) is 6.61 Å². The third-order valence-corrected chi connectivity index (χ3v) is 6.28. The van der Waals surface area contributed by atoms with Gasteiger partial charge in [0.15, 0.2) is 0 Å². The molecule has 2 fully saturated rings. The highest BCUT2D eigenvalue weighted by Crippen LogP contribution is 2.60. The smallest absolute Gasteiger partial charge is 0.526 e. The Morgan fingerprint density at radius 2 is 2.30 bits per heavy atom. The molecule has 0 aromatic heterocycles. The first-order valence-corrected chi connectivity index (χ1v) is 8.97. The predicted molar refractivity (Wildman–Crippen MR) is 87.4 cm³/mol. The van der Waals surface area contributed by atoms with Crippen LogP contribution in [0, 0.1) is 0 Å². The Morgan fingerprint density at radius 3 is 3.00 bits per heavy atom. The Bertz CT molecular complexity index is 646. The van der Waals surface area contributed by atoms with Gasteiger partial charge in [-0.2, -0.15) is 0 Å². The fraction of sp³-hybridized carbons (Fsp3) is 0.562. The molecule has 0 bridgehead atoms. The van der Waals surface area contributed by atoms with Gasteiger partial charge >= 0.3 is 13.1 Å².